The van der Waals surface area contributed by atoms with E-state index in [0.717, 1.165) is 13.1 Å². The highest BCUT2D eigenvalue weighted by atomic mass is 35.5. The van der Waals surface area contributed by atoms with Gasteiger partial charge in [-0.1, -0.05) is 18.5 Å². The van der Waals surface area contributed by atoms with Gasteiger partial charge < -0.3 is 10.0 Å². The van der Waals surface area contributed by atoms with Gasteiger partial charge in [-0.05, 0) is 31.7 Å². The summed E-state index contributed by atoms with van der Waals surface area (Å²) in [5.74, 6) is -0.164. The van der Waals surface area contributed by atoms with Crippen molar-refractivity contribution in [1.29, 1.82) is 0 Å². The molecule has 0 radical (unpaired) electrons. The first-order chi connectivity index (χ1) is 9.02. The van der Waals surface area contributed by atoms with Crippen molar-refractivity contribution in [3.63, 3.8) is 0 Å². The minimum Gasteiger partial charge on any atom is -0.507 e. The Morgan fingerprint density at radius 1 is 1.47 bits per heavy atom. The van der Waals surface area contributed by atoms with Crippen LogP contribution in [0.15, 0.2) is 18.2 Å². The molecule has 1 heterocycles. The normalized spacial score (nSPS) is 20.6. The fraction of sp³-hybridized carbons (Fsp3) is 0.500. The standard InChI is InChI=1S/C14H19ClN2O2/c1-3-16-6-7-17(9-10(16)2)14(19)12-8-11(15)4-5-13(12)18/h4-5,8,10,18H,3,6-7,9H2,1-2H3. The SMILES string of the molecule is CCN1CCN(C(=O)c2cc(Cl)ccc2O)CC1C. The van der Waals surface area contributed by atoms with Crippen LogP contribution in [-0.2, 0) is 0 Å². The average Bonchev–Trinajstić information content (AvgIpc) is 2.40. The van der Waals surface area contributed by atoms with E-state index in [4.69, 9.17) is 11.6 Å². The van der Waals surface area contributed by atoms with Crippen molar-refractivity contribution in [3.05, 3.63) is 28.8 Å². The molecule has 1 aromatic carbocycles. The van der Waals surface area contributed by atoms with Gasteiger partial charge in [-0.25, -0.2) is 0 Å². The lowest BCUT2D eigenvalue weighted by Gasteiger charge is -2.39. The molecule has 1 aliphatic heterocycles. The topological polar surface area (TPSA) is 43.8 Å². The fourth-order valence-corrected chi connectivity index (χ4v) is 2.67. The molecule has 0 aliphatic carbocycles. The van der Waals surface area contributed by atoms with Gasteiger partial charge in [0.15, 0.2) is 0 Å². The number of phenolic OH excluding ortho intramolecular Hbond substituents is 1. The number of rotatable bonds is 2. The number of hydrogen-bond acceptors (Lipinski definition) is 3. The van der Waals surface area contributed by atoms with Gasteiger partial charge in [0, 0.05) is 30.7 Å². The summed E-state index contributed by atoms with van der Waals surface area (Å²) >= 11 is 5.88. The van der Waals surface area contributed by atoms with E-state index in [0.29, 0.717) is 24.2 Å². The Kier molecular flexibility index (Phi) is 4.32. The van der Waals surface area contributed by atoms with E-state index in [-0.39, 0.29) is 17.2 Å². The number of aromatic hydroxyl groups is 1. The van der Waals surface area contributed by atoms with Crippen LogP contribution in [0.1, 0.15) is 24.2 Å². The fourth-order valence-electron chi connectivity index (χ4n) is 2.50. The number of halogens is 1. The van der Waals surface area contributed by atoms with Crippen molar-refractivity contribution in [3.8, 4) is 5.75 Å². The summed E-state index contributed by atoms with van der Waals surface area (Å²) in [7, 11) is 0. The van der Waals surface area contributed by atoms with Crippen LogP contribution in [0, 0.1) is 0 Å². The maximum Gasteiger partial charge on any atom is 0.257 e. The molecule has 1 N–H and O–H groups in total. The van der Waals surface area contributed by atoms with Crippen molar-refractivity contribution >= 4 is 17.5 Å². The zero-order valence-corrected chi connectivity index (χ0v) is 12.0. The highest BCUT2D eigenvalue weighted by Gasteiger charge is 2.27. The first-order valence-electron chi connectivity index (χ1n) is 6.54. The molecule has 2 rings (SSSR count). The van der Waals surface area contributed by atoms with Crippen LogP contribution in [0.2, 0.25) is 5.02 Å². The molecule has 104 valence electrons. The number of phenols is 1. The zero-order valence-electron chi connectivity index (χ0n) is 11.3. The highest BCUT2D eigenvalue weighted by molar-refractivity contribution is 6.31. The molecular weight excluding hydrogens is 264 g/mol. The molecular formula is C14H19ClN2O2. The first-order valence-corrected chi connectivity index (χ1v) is 6.92. The van der Waals surface area contributed by atoms with Crippen LogP contribution in [0.4, 0.5) is 0 Å². The molecule has 5 heteroatoms. The predicted octanol–water partition coefficient (Wildman–Crippen LogP) is 2.21. The van der Waals surface area contributed by atoms with Crippen LogP contribution >= 0.6 is 11.6 Å². The molecule has 1 aliphatic rings. The van der Waals surface area contributed by atoms with Gasteiger partial charge in [0.05, 0.1) is 5.56 Å². The van der Waals surface area contributed by atoms with Crippen LogP contribution in [0.3, 0.4) is 0 Å². The molecule has 1 atom stereocenters. The summed E-state index contributed by atoms with van der Waals surface area (Å²) < 4.78 is 0. The lowest BCUT2D eigenvalue weighted by atomic mass is 10.1. The van der Waals surface area contributed by atoms with Gasteiger partial charge in [0.1, 0.15) is 5.75 Å². The Balaban J connectivity index is 2.14. The molecule has 0 bridgehead atoms. The smallest absolute Gasteiger partial charge is 0.257 e. The molecule has 0 spiro atoms. The molecule has 1 fully saturated rings. The molecule has 1 unspecified atom stereocenters. The third-order valence-electron chi connectivity index (χ3n) is 3.65. The Hall–Kier alpha value is -1.26. The maximum atomic E-state index is 12.4. The number of nitrogens with zero attached hydrogens (tertiary/aromatic N) is 2. The largest absolute Gasteiger partial charge is 0.507 e. The third kappa shape index (κ3) is 3.01. The van der Waals surface area contributed by atoms with Crippen LogP contribution in [0.5, 0.6) is 5.75 Å². The predicted molar refractivity (Wildman–Crippen MR) is 75.7 cm³/mol. The number of amides is 1. The van der Waals surface area contributed by atoms with E-state index in [1.165, 1.54) is 12.1 Å². The lowest BCUT2D eigenvalue weighted by molar-refractivity contribution is 0.0525. The van der Waals surface area contributed by atoms with E-state index in [1.54, 1.807) is 11.0 Å². The van der Waals surface area contributed by atoms with Crippen LogP contribution < -0.4 is 0 Å². The zero-order chi connectivity index (χ0) is 14.0. The summed E-state index contributed by atoms with van der Waals surface area (Å²) in [6, 6.07) is 4.90. The van der Waals surface area contributed by atoms with E-state index in [9.17, 15) is 9.90 Å². The van der Waals surface area contributed by atoms with Crippen molar-refractivity contribution < 1.29 is 9.90 Å². The molecule has 1 amide bonds. The maximum absolute atomic E-state index is 12.4. The van der Waals surface area contributed by atoms with E-state index < -0.39 is 0 Å². The quantitative estimate of drug-likeness (QED) is 0.904. The summed E-state index contributed by atoms with van der Waals surface area (Å²) in [5, 5.41) is 10.2. The van der Waals surface area contributed by atoms with Gasteiger partial charge in [-0.2, -0.15) is 0 Å². The van der Waals surface area contributed by atoms with Crippen molar-refractivity contribution in [2.24, 2.45) is 0 Å². The van der Waals surface area contributed by atoms with Gasteiger partial charge in [0.25, 0.3) is 5.91 Å². The van der Waals surface area contributed by atoms with E-state index in [1.807, 2.05) is 0 Å². The number of likely N-dealkylation sites (N-methyl/N-ethyl adjacent to an activating group) is 1. The Labute approximate surface area is 118 Å². The number of piperazine rings is 1. The summed E-state index contributed by atoms with van der Waals surface area (Å²) in [5.41, 5.74) is 0.282. The second-order valence-electron chi connectivity index (χ2n) is 4.89. The van der Waals surface area contributed by atoms with Gasteiger partial charge in [-0.15, -0.1) is 0 Å². The second-order valence-corrected chi connectivity index (χ2v) is 5.33. The number of benzene rings is 1. The van der Waals surface area contributed by atoms with Crippen LogP contribution in [0.25, 0.3) is 0 Å². The molecule has 1 saturated heterocycles. The van der Waals surface area contributed by atoms with E-state index >= 15 is 0 Å². The molecule has 19 heavy (non-hydrogen) atoms. The minimum absolute atomic E-state index is 0.0139. The average molecular weight is 283 g/mol. The molecule has 0 aromatic heterocycles. The summed E-state index contributed by atoms with van der Waals surface area (Å²) in [6.07, 6.45) is 0. The number of hydrogen-bond donors (Lipinski definition) is 1. The van der Waals surface area contributed by atoms with Crippen molar-refractivity contribution in [2.75, 3.05) is 26.2 Å². The highest BCUT2D eigenvalue weighted by Crippen LogP contribution is 2.24. The van der Waals surface area contributed by atoms with Crippen molar-refractivity contribution in [2.45, 2.75) is 19.9 Å². The Morgan fingerprint density at radius 3 is 2.84 bits per heavy atom. The first kappa shape index (κ1) is 14.2. The number of carbonyl (C=O) groups excluding carboxylic acids is 1. The van der Waals surface area contributed by atoms with E-state index in [2.05, 4.69) is 18.7 Å². The van der Waals surface area contributed by atoms with Gasteiger partial charge >= 0.3 is 0 Å². The lowest BCUT2D eigenvalue weighted by Crippen LogP contribution is -2.53. The monoisotopic (exact) mass is 282 g/mol. The second kappa shape index (κ2) is 5.80. The summed E-state index contributed by atoms with van der Waals surface area (Å²) in [6.45, 7) is 7.45. The van der Waals surface area contributed by atoms with Crippen molar-refractivity contribution in [1.82, 2.24) is 9.80 Å². The van der Waals surface area contributed by atoms with Crippen LogP contribution in [-0.4, -0.2) is 53.0 Å². The number of carbonyl (C=O) groups is 1. The van der Waals surface area contributed by atoms with Gasteiger partial charge in [-0.3, -0.25) is 9.69 Å². The molecule has 0 saturated carbocycles. The molecule has 1 aromatic rings. The van der Waals surface area contributed by atoms with Gasteiger partial charge in [0.2, 0.25) is 0 Å². The Morgan fingerprint density at radius 2 is 2.21 bits per heavy atom. The minimum atomic E-state index is -0.150. The summed E-state index contributed by atoms with van der Waals surface area (Å²) in [4.78, 5) is 16.5. The Bertz CT molecular complexity index is 479. The third-order valence-corrected chi connectivity index (χ3v) is 3.88. The molecule has 4 nitrogen and oxygen atoms in total.